The molecule has 6 nitrogen and oxygen atoms in total. The molecule has 0 unspecified atom stereocenters. The highest BCUT2D eigenvalue weighted by Gasteiger charge is 2.39. The lowest BCUT2D eigenvalue weighted by Crippen LogP contribution is -2.43. The minimum absolute atomic E-state index is 0.355. The molecule has 0 aliphatic rings. The van der Waals surface area contributed by atoms with Crippen LogP contribution in [0.2, 0.25) is 0 Å². The first-order valence-electron chi connectivity index (χ1n) is 10.1. The van der Waals surface area contributed by atoms with E-state index in [1.54, 1.807) is 90.3 Å². The molecular weight excluding hydrogens is 436 g/mol. The lowest BCUT2D eigenvalue weighted by atomic mass is 9.85. The summed E-state index contributed by atoms with van der Waals surface area (Å²) in [6, 6.07) is 27.6. The van der Waals surface area contributed by atoms with Gasteiger partial charge in [-0.3, -0.25) is 4.79 Å². The van der Waals surface area contributed by atoms with Crippen molar-refractivity contribution in [2.75, 3.05) is 0 Å². The predicted molar refractivity (Wildman–Crippen MR) is 127 cm³/mol. The highest BCUT2D eigenvalue weighted by atomic mass is 32.1. The molecule has 0 atom stereocenters. The third-order valence-corrected chi connectivity index (χ3v) is 5.73. The molecule has 0 aliphatic carbocycles. The molecule has 4 aromatic rings. The lowest BCUT2D eigenvalue weighted by Gasteiger charge is -2.27. The number of ether oxygens (including phenoxy) is 1. The fourth-order valence-corrected chi connectivity index (χ4v) is 3.84. The molecule has 0 aliphatic heterocycles. The van der Waals surface area contributed by atoms with Crippen molar-refractivity contribution < 1.29 is 19.4 Å². The first-order chi connectivity index (χ1) is 16.1. The van der Waals surface area contributed by atoms with Crippen LogP contribution < -0.4 is 10.2 Å². The monoisotopic (exact) mass is 456 g/mol. The predicted octanol–water partition coefficient (Wildman–Crippen LogP) is 4.35. The fraction of sp³-hybridized carbons (Fsp3) is 0.0385. The zero-order valence-corrected chi connectivity index (χ0v) is 18.2. The maximum Gasteiger partial charge on any atom is 0.353 e. The number of nitrogens with zero attached hydrogens (tertiary/aromatic N) is 1. The summed E-state index contributed by atoms with van der Waals surface area (Å²) in [5.74, 6) is -0.784. The fourth-order valence-electron chi connectivity index (χ4n) is 3.24. The summed E-state index contributed by atoms with van der Waals surface area (Å²) in [4.78, 5) is 25.7. The highest BCUT2D eigenvalue weighted by molar-refractivity contribution is 7.12. The third kappa shape index (κ3) is 5.06. The number of esters is 1. The number of nitrogens with one attached hydrogen (secondary N) is 1. The third-order valence-electron chi connectivity index (χ3n) is 4.88. The van der Waals surface area contributed by atoms with Gasteiger partial charge in [-0.25, -0.2) is 10.2 Å². The average molecular weight is 457 g/mol. The average Bonchev–Trinajstić information content (AvgIpc) is 3.40. The van der Waals surface area contributed by atoms with Gasteiger partial charge in [0.1, 0.15) is 10.6 Å². The van der Waals surface area contributed by atoms with E-state index in [4.69, 9.17) is 4.74 Å². The van der Waals surface area contributed by atoms with Gasteiger partial charge < -0.3 is 9.84 Å². The number of carbonyl (C=O) groups excluding carboxylic acids is 2. The number of benzene rings is 3. The highest BCUT2D eigenvalue weighted by Crippen LogP contribution is 2.29. The van der Waals surface area contributed by atoms with Gasteiger partial charge in [-0.2, -0.15) is 5.10 Å². The Balaban J connectivity index is 1.50. The van der Waals surface area contributed by atoms with Crippen LogP contribution in [0, 0.1) is 0 Å². The van der Waals surface area contributed by atoms with Gasteiger partial charge in [0.2, 0.25) is 0 Å². The van der Waals surface area contributed by atoms with Crippen LogP contribution in [-0.2, 0) is 10.4 Å². The Bertz CT molecular complexity index is 1220. The second-order valence-electron chi connectivity index (χ2n) is 7.08. The smallest absolute Gasteiger partial charge is 0.353 e. The molecule has 0 radical (unpaired) electrons. The molecule has 0 saturated heterocycles. The first-order valence-corrected chi connectivity index (χ1v) is 11.0. The molecule has 0 spiro atoms. The summed E-state index contributed by atoms with van der Waals surface area (Å²) in [6.07, 6.45) is 1.41. The van der Waals surface area contributed by atoms with E-state index >= 15 is 0 Å². The van der Waals surface area contributed by atoms with E-state index in [9.17, 15) is 14.7 Å². The van der Waals surface area contributed by atoms with E-state index < -0.39 is 17.5 Å². The van der Waals surface area contributed by atoms with Gasteiger partial charge in [0, 0.05) is 0 Å². The Labute approximate surface area is 194 Å². The van der Waals surface area contributed by atoms with Gasteiger partial charge in [-0.1, -0.05) is 78.9 Å². The largest absolute Gasteiger partial charge is 0.422 e. The maximum atomic E-state index is 13.1. The van der Waals surface area contributed by atoms with Gasteiger partial charge >= 0.3 is 5.97 Å². The molecular formula is C26H20N2O4S. The van der Waals surface area contributed by atoms with Crippen molar-refractivity contribution in [2.45, 2.75) is 5.60 Å². The van der Waals surface area contributed by atoms with Crippen LogP contribution in [0.25, 0.3) is 0 Å². The maximum absolute atomic E-state index is 13.1. The first kappa shape index (κ1) is 22.1. The topological polar surface area (TPSA) is 88.0 Å². The van der Waals surface area contributed by atoms with Gasteiger partial charge in [0.25, 0.3) is 5.91 Å². The molecule has 164 valence electrons. The Kier molecular flexibility index (Phi) is 6.73. The van der Waals surface area contributed by atoms with E-state index in [0.29, 0.717) is 27.3 Å². The number of hydrogen-bond acceptors (Lipinski definition) is 6. The summed E-state index contributed by atoms with van der Waals surface area (Å²) >= 11 is 1.30. The zero-order valence-electron chi connectivity index (χ0n) is 17.4. The van der Waals surface area contributed by atoms with Crippen molar-refractivity contribution >= 4 is 29.4 Å². The summed E-state index contributed by atoms with van der Waals surface area (Å²) < 4.78 is 5.38. The second kappa shape index (κ2) is 10.0. The SMILES string of the molecule is O=C(Oc1cccc(/C=N\NC(=O)C(O)(c2ccccc2)c2ccccc2)c1)c1cccs1. The lowest BCUT2D eigenvalue weighted by molar-refractivity contribution is -0.136. The van der Waals surface area contributed by atoms with Crippen molar-refractivity contribution in [3.63, 3.8) is 0 Å². The number of thiophene rings is 1. The van der Waals surface area contributed by atoms with Gasteiger partial charge in [-0.15, -0.1) is 11.3 Å². The molecule has 2 N–H and O–H groups in total. The minimum atomic E-state index is -1.92. The molecule has 0 fully saturated rings. The molecule has 7 heteroatoms. The quantitative estimate of drug-likeness (QED) is 0.187. The molecule has 1 aromatic heterocycles. The standard InChI is InChI=1S/C26H20N2O4S/c29-24(23-15-8-16-33-23)32-22-14-7-9-19(17-22)18-27-28-25(30)26(31,20-10-3-1-4-11-20)21-12-5-2-6-13-21/h1-18,31H,(H,28,30)/b27-18-. The van der Waals surface area contributed by atoms with Crippen molar-refractivity contribution in [2.24, 2.45) is 5.10 Å². The van der Waals surface area contributed by atoms with E-state index in [1.807, 2.05) is 12.1 Å². The number of carbonyl (C=O) groups is 2. The summed E-state index contributed by atoms with van der Waals surface area (Å²) in [5.41, 5.74) is 1.96. The Morgan fingerprint density at radius 2 is 1.55 bits per heavy atom. The van der Waals surface area contributed by atoms with Crippen LogP contribution in [0.4, 0.5) is 0 Å². The summed E-state index contributed by atoms with van der Waals surface area (Å²) in [5, 5.41) is 17.2. The van der Waals surface area contributed by atoms with Crippen LogP contribution in [0.15, 0.2) is 108 Å². The number of hydrazone groups is 1. The molecule has 1 heterocycles. The number of amides is 1. The van der Waals surface area contributed by atoms with Crippen molar-refractivity contribution in [3.05, 3.63) is 124 Å². The summed E-state index contributed by atoms with van der Waals surface area (Å²) in [7, 11) is 0. The molecule has 33 heavy (non-hydrogen) atoms. The van der Waals surface area contributed by atoms with Crippen LogP contribution in [0.3, 0.4) is 0 Å². The minimum Gasteiger partial charge on any atom is -0.422 e. The normalized spacial score (nSPS) is 11.3. The number of aliphatic hydroxyl groups is 1. The van der Waals surface area contributed by atoms with Crippen LogP contribution in [0.5, 0.6) is 5.75 Å². The van der Waals surface area contributed by atoms with E-state index in [2.05, 4.69) is 10.5 Å². The Hall–Kier alpha value is -4.07. The van der Waals surface area contributed by atoms with Crippen LogP contribution in [-0.4, -0.2) is 23.2 Å². The Morgan fingerprint density at radius 3 is 2.15 bits per heavy atom. The molecule has 3 aromatic carbocycles. The zero-order chi connectivity index (χ0) is 23.1. The van der Waals surface area contributed by atoms with Crippen molar-refractivity contribution in [1.82, 2.24) is 5.43 Å². The Morgan fingerprint density at radius 1 is 0.879 bits per heavy atom. The number of rotatable bonds is 7. The van der Waals surface area contributed by atoms with Crippen molar-refractivity contribution in [3.8, 4) is 5.75 Å². The van der Waals surface area contributed by atoms with Crippen LogP contribution >= 0.6 is 11.3 Å². The summed E-state index contributed by atoms with van der Waals surface area (Å²) in [6.45, 7) is 0. The van der Waals surface area contributed by atoms with E-state index in [1.165, 1.54) is 17.6 Å². The molecule has 0 saturated carbocycles. The van der Waals surface area contributed by atoms with Crippen LogP contribution in [0.1, 0.15) is 26.4 Å². The molecule has 4 rings (SSSR count). The number of hydrogen-bond donors (Lipinski definition) is 2. The van der Waals surface area contributed by atoms with E-state index in [0.717, 1.165) is 0 Å². The van der Waals surface area contributed by atoms with Gasteiger partial charge in [0.05, 0.1) is 6.21 Å². The molecule has 1 amide bonds. The molecule has 0 bridgehead atoms. The van der Waals surface area contributed by atoms with Crippen molar-refractivity contribution in [1.29, 1.82) is 0 Å². The van der Waals surface area contributed by atoms with E-state index in [-0.39, 0.29) is 0 Å². The van der Waals surface area contributed by atoms with Gasteiger partial charge in [0.15, 0.2) is 5.60 Å². The second-order valence-corrected chi connectivity index (χ2v) is 8.03. The van der Waals surface area contributed by atoms with Gasteiger partial charge in [-0.05, 0) is 40.3 Å².